The molecule has 104 valence electrons. The molecule has 1 saturated heterocycles. The van der Waals surface area contributed by atoms with Gasteiger partial charge in [0.05, 0.1) is 5.92 Å². The number of hydrogen-bond acceptors (Lipinski definition) is 2. The number of aryl methyl sites for hydroxylation is 3. The highest BCUT2D eigenvalue weighted by molar-refractivity contribution is 5.79. The van der Waals surface area contributed by atoms with Gasteiger partial charge in [0, 0.05) is 26.7 Å². The number of rotatable bonds is 4. The summed E-state index contributed by atoms with van der Waals surface area (Å²) >= 11 is 0. The van der Waals surface area contributed by atoms with Crippen LogP contribution in [0.5, 0.6) is 0 Å². The first-order chi connectivity index (χ1) is 8.99. The van der Waals surface area contributed by atoms with Crippen LogP contribution >= 0.6 is 0 Å². The van der Waals surface area contributed by atoms with Gasteiger partial charge in [-0.3, -0.25) is 4.79 Å². The van der Waals surface area contributed by atoms with Crippen molar-refractivity contribution in [3.05, 3.63) is 34.4 Å². The van der Waals surface area contributed by atoms with Gasteiger partial charge in [-0.15, -0.1) is 0 Å². The molecule has 1 N–H and O–H groups in total. The Balaban J connectivity index is 1.94. The zero-order chi connectivity index (χ0) is 14.0. The van der Waals surface area contributed by atoms with Crippen LogP contribution in [0.3, 0.4) is 0 Å². The number of carbonyl (C=O) groups is 1. The fraction of sp³-hybridized carbons (Fsp3) is 0.562. The molecule has 0 radical (unpaired) electrons. The molecule has 3 nitrogen and oxygen atoms in total. The van der Waals surface area contributed by atoms with E-state index in [1.165, 1.54) is 22.3 Å². The van der Waals surface area contributed by atoms with Crippen molar-refractivity contribution in [2.24, 2.45) is 5.92 Å². The highest BCUT2D eigenvalue weighted by Gasteiger charge is 2.27. The van der Waals surface area contributed by atoms with Gasteiger partial charge in [0.2, 0.25) is 5.91 Å². The molecule has 1 fully saturated rings. The van der Waals surface area contributed by atoms with Crippen LogP contribution in [0.1, 0.15) is 22.3 Å². The molecular formula is C16H24N2O. The van der Waals surface area contributed by atoms with E-state index < -0.39 is 0 Å². The molecule has 1 amide bonds. The fourth-order valence-electron chi connectivity index (χ4n) is 2.46. The van der Waals surface area contributed by atoms with E-state index in [4.69, 9.17) is 0 Å². The summed E-state index contributed by atoms with van der Waals surface area (Å²) < 4.78 is 0. The zero-order valence-electron chi connectivity index (χ0n) is 12.4. The lowest BCUT2D eigenvalue weighted by Gasteiger charge is -2.30. The smallest absolute Gasteiger partial charge is 0.228 e. The Morgan fingerprint density at radius 1 is 1.21 bits per heavy atom. The van der Waals surface area contributed by atoms with Gasteiger partial charge < -0.3 is 10.2 Å². The molecule has 0 unspecified atom stereocenters. The minimum Gasteiger partial charge on any atom is -0.345 e. The molecule has 19 heavy (non-hydrogen) atoms. The summed E-state index contributed by atoms with van der Waals surface area (Å²) in [4.78, 5) is 13.9. The highest BCUT2D eigenvalue weighted by atomic mass is 16.2. The Morgan fingerprint density at radius 2 is 1.84 bits per heavy atom. The van der Waals surface area contributed by atoms with Gasteiger partial charge in [0.1, 0.15) is 0 Å². The van der Waals surface area contributed by atoms with Crippen LogP contribution in [-0.2, 0) is 11.2 Å². The van der Waals surface area contributed by atoms with Crippen LogP contribution in [0.2, 0.25) is 0 Å². The third-order valence-corrected chi connectivity index (χ3v) is 4.18. The Morgan fingerprint density at radius 3 is 2.42 bits per heavy atom. The van der Waals surface area contributed by atoms with Crippen LogP contribution in [0.25, 0.3) is 0 Å². The third kappa shape index (κ3) is 3.16. The Hall–Kier alpha value is -1.35. The van der Waals surface area contributed by atoms with E-state index in [0.29, 0.717) is 0 Å². The van der Waals surface area contributed by atoms with E-state index in [9.17, 15) is 4.79 Å². The van der Waals surface area contributed by atoms with E-state index in [1.807, 2.05) is 11.9 Å². The number of amides is 1. The van der Waals surface area contributed by atoms with Gasteiger partial charge in [-0.1, -0.05) is 12.1 Å². The molecule has 1 aliphatic rings. The van der Waals surface area contributed by atoms with Gasteiger partial charge in [-0.2, -0.15) is 0 Å². The molecule has 1 aromatic rings. The van der Waals surface area contributed by atoms with Crippen molar-refractivity contribution in [2.45, 2.75) is 27.2 Å². The minimum atomic E-state index is 0.200. The van der Waals surface area contributed by atoms with Gasteiger partial charge in [-0.05, 0) is 49.4 Å². The Bertz CT molecular complexity index is 478. The second-order valence-corrected chi connectivity index (χ2v) is 5.73. The molecule has 0 atom stereocenters. The largest absolute Gasteiger partial charge is 0.345 e. The van der Waals surface area contributed by atoms with Crippen molar-refractivity contribution in [3.8, 4) is 0 Å². The fourth-order valence-corrected chi connectivity index (χ4v) is 2.46. The Labute approximate surface area is 116 Å². The number of carbonyl (C=O) groups excluding carboxylic acids is 1. The van der Waals surface area contributed by atoms with Crippen molar-refractivity contribution < 1.29 is 4.79 Å². The summed E-state index contributed by atoms with van der Waals surface area (Å²) in [5, 5.41) is 3.15. The molecule has 1 aliphatic heterocycles. The van der Waals surface area contributed by atoms with Gasteiger partial charge >= 0.3 is 0 Å². The van der Waals surface area contributed by atoms with Crippen LogP contribution in [0.15, 0.2) is 12.1 Å². The maximum atomic E-state index is 12.0. The van der Waals surface area contributed by atoms with E-state index >= 15 is 0 Å². The lowest BCUT2D eigenvalue weighted by atomic mass is 9.98. The van der Waals surface area contributed by atoms with Crippen LogP contribution in [0.4, 0.5) is 0 Å². The molecule has 0 spiro atoms. The first-order valence-electron chi connectivity index (χ1n) is 7.01. The first kappa shape index (κ1) is 14.1. The topological polar surface area (TPSA) is 32.3 Å². The van der Waals surface area contributed by atoms with Gasteiger partial charge in [0.25, 0.3) is 0 Å². The van der Waals surface area contributed by atoms with Gasteiger partial charge in [0.15, 0.2) is 0 Å². The predicted molar refractivity (Wildman–Crippen MR) is 78.4 cm³/mol. The monoisotopic (exact) mass is 260 g/mol. The number of hydrogen-bond donors (Lipinski definition) is 1. The summed E-state index contributed by atoms with van der Waals surface area (Å²) in [7, 11) is 1.91. The number of nitrogens with one attached hydrogen (secondary N) is 1. The van der Waals surface area contributed by atoms with E-state index in [1.54, 1.807) is 0 Å². The van der Waals surface area contributed by atoms with Crippen molar-refractivity contribution in [1.82, 2.24) is 10.2 Å². The maximum absolute atomic E-state index is 12.0. The quantitative estimate of drug-likeness (QED) is 0.896. The molecular weight excluding hydrogens is 236 g/mol. The lowest BCUT2D eigenvalue weighted by molar-refractivity contribution is -0.135. The molecule has 0 aliphatic carbocycles. The Kier molecular flexibility index (Phi) is 4.25. The molecule has 2 rings (SSSR count). The minimum absolute atomic E-state index is 0.200. The molecule has 1 aromatic carbocycles. The molecule has 1 heterocycles. The van der Waals surface area contributed by atoms with Crippen molar-refractivity contribution in [1.29, 1.82) is 0 Å². The number of nitrogens with zero attached hydrogens (tertiary/aromatic N) is 1. The second-order valence-electron chi connectivity index (χ2n) is 5.73. The second kappa shape index (κ2) is 5.74. The number of benzene rings is 1. The summed E-state index contributed by atoms with van der Waals surface area (Å²) in [5.41, 5.74) is 5.35. The molecule has 3 heteroatoms. The van der Waals surface area contributed by atoms with Gasteiger partial charge in [-0.25, -0.2) is 0 Å². The predicted octanol–water partition coefficient (Wildman–Crippen LogP) is 1.83. The first-order valence-corrected chi connectivity index (χ1v) is 7.01. The van der Waals surface area contributed by atoms with E-state index in [2.05, 4.69) is 38.2 Å². The number of likely N-dealkylation sites (N-methyl/N-ethyl adjacent to an activating group) is 1. The maximum Gasteiger partial charge on any atom is 0.228 e. The van der Waals surface area contributed by atoms with Crippen LogP contribution < -0.4 is 5.32 Å². The zero-order valence-corrected chi connectivity index (χ0v) is 12.4. The third-order valence-electron chi connectivity index (χ3n) is 4.18. The average Bonchev–Trinajstić information content (AvgIpc) is 2.29. The SMILES string of the molecule is Cc1cc(C)c(CCN(C)C(=O)C2CNC2)cc1C. The molecule has 0 saturated carbocycles. The summed E-state index contributed by atoms with van der Waals surface area (Å²) in [6, 6.07) is 4.50. The van der Waals surface area contributed by atoms with E-state index in [0.717, 1.165) is 26.1 Å². The lowest BCUT2D eigenvalue weighted by Crippen LogP contribution is -2.51. The van der Waals surface area contributed by atoms with Crippen LogP contribution in [0, 0.1) is 26.7 Å². The average molecular weight is 260 g/mol. The normalized spacial score (nSPS) is 15.2. The van der Waals surface area contributed by atoms with E-state index in [-0.39, 0.29) is 11.8 Å². The summed E-state index contributed by atoms with van der Waals surface area (Å²) in [5.74, 6) is 0.478. The standard InChI is InChI=1S/C16H24N2O/c1-11-7-13(3)14(8-12(11)2)5-6-18(4)16(19)15-9-17-10-15/h7-8,15,17H,5-6,9-10H2,1-4H3. The molecule has 0 aromatic heterocycles. The van der Waals surface area contributed by atoms with Crippen molar-refractivity contribution in [2.75, 3.05) is 26.7 Å². The summed E-state index contributed by atoms with van der Waals surface area (Å²) in [6.45, 7) is 8.92. The summed E-state index contributed by atoms with van der Waals surface area (Å²) in [6.07, 6.45) is 0.940. The van der Waals surface area contributed by atoms with Crippen molar-refractivity contribution >= 4 is 5.91 Å². The molecule has 0 bridgehead atoms. The van der Waals surface area contributed by atoms with Crippen LogP contribution in [-0.4, -0.2) is 37.5 Å². The van der Waals surface area contributed by atoms with Crippen molar-refractivity contribution in [3.63, 3.8) is 0 Å². The highest BCUT2D eigenvalue weighted by Crippen LogP contribution is 2.16.